The average molecular weight is 258 g/mol. The van der Waals surface area contributed by atoms with Crippen LogP contribution in [-0.4, -0.2) is 22.1 Å². The molecule has 1 aromatic heterocycles. The van der Waals surface area contributed by atoms with Gasteiger partial charge in [-0.15, -0.1) is 0 Å². The molecule has 19 heavy (non-hydrogen) atoms. The van der Waals surface area contributed by atoms with Gasteiger partial charge in [-0.25, -0.2) is 0 Å². The number of hydrogen-bond acceptors (Lipinski definition) is 3. The van der Waals surface area contributed by atoms with Gasteiger partial charge in [-0.05, 0) is 18.4 Å². The smallest absolute Gasteiger partial charge is 0.242 e. The van der Waals surface area contributed by atoms with E-state index in [4.69, 9.17) is 5.73 Å². The normalized spacial score (nSPS) is 12.1. The molecule has 5 nitrogen and oxygen atoms in total. The summed E-state index contributed by atoms with van der Waals surface area (Å²) in [5.41, 5.74) is 7.91. The minimum Gasteiger partial charge on any atom is -0.320 e. The minimum absolute atomic E-state index is 0.224. The molecule has 2 rings (SSSR count). The Labute approximate surface area is 112 Å². The van der Waals surface area contributed by atoms with Crippen LogP contribution < -0.4 is 11.1 Å². The average Bonchev–Trinajstić information content (AvgIpc) is 2.87. The molecule has 0 saturated heterocycles. The maximum atomic E-state index is 11.9. The minimum atomic E-state index is -0.579. The largest absolute Gasteiger partial charge is 0.320 e. The number of benzene rings is 1. The summed E-state index contributed by atoms with van der Waals surface area (Å²) in [6.07, 6.45) is 1.36. The Morgan fingerprint density at radius 1 is 1.42 bits per heavy atom. The van der Waals surface area contributed by atoms with Gasteiger partial charge in [0.05, 0.1) is 6.04 Å². The van der Waals surface area contributed by atoms with Crippen molar-refractivity contribution in [2.24, 2.45) is 5.73 Å². The molecule has 2 aromatic rings. The third kappa shape index (κ3) is 3.66. The van der Waals surface area contributed by atoms with Crippen LogP contribution in [0.4, 0.5) is 5.82 Å². The molecule has 0 aliphatic rings. The van der Waals surface area contributed by atoms with Crippen LogP contribution in [0.1, 0.15) is 18.2 Å². The van der Waals surface area contributed by atoms with Crippen LogP contribution in [0, 0.1) is 0 Å². The van der Waals surface area contributed by atoms with E-state index in [1.165, 1.54) is 0 Å². The molecule has 1 atom stereocenters. The third-order valence-electron chi connectivity index (χ3n) is 2.90. The molecule has 0 unspecified atom stereocenters. The summed E-state index contributed by atoms with van der Waals surface area (Å²) in [4.78, 5) is 11.9. The molecule has 0 aliphatic heterocycles. The molecule has 100 valence electrons. The zero-order valence-corrected chi connectivity index (χ0v) is 10.9. The highest BCUT2D eigenvalue weighted by Crippen LogP contribution is 2.07. The van der Waals surface area contributed by atoms with E-state index in [9.17, 15) is 4.79 Å². The van der Waals surface area contributed by atoms with Crippen LogP contribution in [0.15, 0.2) is 36.4 Å². The SMILES string of the molecule is CCc1cc(NC(=O)[C@H](N)Cc2ccccc2)n[nH]1. The number of nitrogens with two attached hydrogens (primary N) is 1. The van der Waals surface area contributed by atoms with Gasteiger partial charge in [0.2, 0.25) is 5.91 Å². The monoisotopic (exact) mass is 258 g/mol. The molecule has 4 N–H and O–H groups in total. The Kier molecular flexibility index (Phi) is 4.30. The second kappa shape index (κ2) is 6.15. The fraction of sp³-hybridized carbons (Fsp3) is 0.286. The fourth-order valence-corrected chi connectivity index (χ4v) is 1.79. The van der Waals surface area contributed by atoms with Crippen LogP contribution in [0.2, 0.25) is 0 Å². The highest BCUT2D eigenvalue weighted by molar-refractivity contribution is 5.94. The number of H-pyrrole nitrogens is 1. The molecule has 0 aliphatic carbocycles. The molecule has 5 heteroatoms. The number of nitrogens with zero attached hydrogens (tertiary/aromatic N) is 1. The summed E-state index contributed by atoms with van der Waals surface area (Å²) >= 11 is 0. The Morgan fingerprint density at radius 3 is 2.79 bits per heavy atom. The fourth-order valence-electron chi connectivity index (χ4n) is 1.79. The standard InChI is InChI=1S/C14H18N4O/c1-2-11-9-13(18-17-11)16-14(19)12(15)8-10-6-4-3-5-7-10/h3-7,9,12H,2,8,15H2,1H3,(H2,16,17,18,19)/t12-/m1/s1. The van der Waals surface area contributed by atoms with Crippen LogP contribution in [-0.2, 0) is 17.6 Å². The summed E-state index contributed by atoms with van der Waals surface area (Å²) in [5.74, 6) is 0.295. The molecule has 1 amide bonds. The first-order valence-electron chi connectivity index (χ1n) is 6.33. The van der Waals surface area contributed by atoms with Gasteiger partial charge in [0.15, 0.2) is 5.82 Å². The lowest BCUT2D eigenvalue weighted by Crippen LogP contribution is -2.37. The molecule has 0 bridgehead atoms. The quantitative estimate of drug-likeness (QED) is 0.759. The van der Waals surface area contributed by atoms with Crippen LogP contribution >= 0.6 is 0 Å². The lowest BCUT2D eigenvalue weighted by atomic mass is 10.1. The first-order valence-corrected chi connectivity index (χ1v) is 6.33. The van der Waals surface area contributed by atoms with Crippen molar-refractivity contribution in [3.63, 3.8) is 0 Å². The van der Waals surface area contributed by atoms with E-state index in [1.807, 2.05) is 43.3 Å². The summed E-state index contributed by atoms with van der Waals surface area (Å²) in [6, 6.07) is 10.9. The number of nitrogens with one attached hydrogen (secondary N) is 2. The predicted molar refractivity (Wildman–Crippen MR) is 74.7 cm³/mol. The Hall–Kier alpha value is -2.14. The molecule has 0 saturated carbocycles. The van der Waals surface area contributed by atoms with Crippen molar-refractivity contribution in [1.82, 2.24) is 10.2 Å². The zero-order chi connectivity index (χ0) is 13.7. The van der Waals surface area contributed by atoms with E-state index in [-0.39, 0.29) is 5.91 Å². The number of rotatable bonds is 5. The molecular weight excluding hydrogens is 240 g/mol. The van der Waals surface area contributed by atoms with E-state index in [2.05, 4.69) is 15.5 Å². The summed E-state index contributed by atoms with van der Waals surface area (Å²) in [5, 5.41) is 9.56. The highest BCUT2D eigenvalue weighted by Gasteiger charge is 2.15. The Morgan fingerprint density at radius 2 is 2.16 bits per heavy atom. The van der Waals surface area contributed by atoms with Gasteiger partial charge < -0.3 is 11.1 Å². The number of carbonyl (C=O) groups excluding carboxylic acids is 1. The van der Waals surface area contributed by atoms with Crippen molar-refractivity contribution in [1.29, 1.82) is 0 Å². The number of aryl methyl sites for hydroxylation is 1. The van der Waals surface area contributed by atoms with E-state index < -0.39 is 6.04 Å². The number of aromatic amines is 1. The molecular formula is C14H18N4O. The van der Waals surface area contributed by atoms with Gasteiger partial charge >= 0.3 is 0 Å². The molecule has 0 radical (unpaired) electrons. The summed E-state index contributed by atoms with van der Waals surface area (Å²) < 4.78 is 0. The van der Waals surface area contributed by atoms with E-state index in [1.54, 1.807) is 0 Å². The number of anilines is 1. The van der Waals surface area contributed by atoms with Crippen LogP contribution in [0.5, 0.6) is 0 Å². The van der Waals surface area contributed by atoms with Gasteiger partial charge in [-0.1, -0.05) is 37.3 Å². The number of amides is 1. The summed E-state index contributed by atoms with van der Waals surface area (Å²) in [7, 11) is 0. The van der Waals surface area contributed by atoms with Gasteiger partial charge in [-0.3, -0.25) is 9.89 Å². The zero-order valence-electron chi connectivity index (χ0n) is 10.9. The van der Waals surface area contributed by atoms with Crippen molar-refractivity contribution < 1.29 is 4.79 Å². The first kappa shape index (κ1) is 13.3. The number of carbonyl (C=O) groups is 1. The van der Waals surface area contributed by atoms with E-state index in [0.717, 1.165) is 17.7 Å². The van der Waals surface area contributed by atoms with Crippen LogP contribution in [0.25, 0.3) is 0 Å². The maximum Gasteiger partial charge on any atom is 0.242 e. The van der Waals surface area contributed by atoms with Crippen molar-refractivity contribution in [2.75, 3.05) is 5.32 Å². The van der Waals surface area contributed by atoms with Gasteiger partial charge in [0.25, 0.3) is 0 Å². The van der Waals surface area contributed by atoms with E-state index >= 15 is 0 Å². The highest BCUT2D eigenvalue weighted by atomic mass is 16.2. The number of aromatic nitrogens is 2. The second-order valence-corrected chi connectivity index (χ2v) is 4.42. The molecule has 0 fully saturated rings. The van der Waals surface area contributed by atoms with Crippen molar-refractivity contribution in [3.05, 3.63) is 47.7 Å². The van der Waals surface area contributed by atoms with Crippen LogP contribution in [0.3, 0.4) is 0 Å². The van der Waals surface area contributed by atoms with Crippen molar-refractivity contribution in [2.45, 2.75) is 25.8 Å². The van der Waals surface area contributed by atoms with Gasteiger partial charge in [-0.2, -0.15) is 5.10 Å². The topological polar surface area (TPSA) is 83.8 Å². The number of hydrogen-bond donors (Lipinski definition) is 3. The predicted octanol–water partition coefficient (Wildman–Crippen LogP) is 1.48. The third-order valence-corrected chi connectivity index (χ3v) is 2.90. The van der Waals surface area contributed by atoms with Gasteiger partial charge in [0.1, 0.15) is 0 Å². The maximum absolute atomic E-state index is 11.9. The molecule has 0 spiro atoms. The Bertz CT molecular complexity index is 535. The Balaban J connectivity index is 1.92. The first-order chi connectivity index (χ1) is 9.19. The van der Waals surface area contributed by atoms with Gasteiger partial charge in [0, 0.05) is 11.8 Å². The molecule has 1 heterocycles. The second-order valence-electron chi connectivity index (χ2n) is 4.42. The summed E-state index contributed by atoms with van der Waals surface area (Å²) in [6.45, 7) is 2.01. The van der Waals surface area contributed by atoms with Crippen molar-refractivity contribution >= 4 is 11.7 Å². The molecule has 1 aromatic carbocycles. The lowest BCUT2D eigenvalue weighted by molar-refractivity contribution is -0.117. The lowest BCUT2D eigenvalue weighted by Gasteiger charge is -2.10. The van der Waals surface area contributed by atoms with E-state index in [0.29, 0.717) is 12.2 Å². The van der Waals surface area contributed by atoms with Crippen molar-refractivity contribution in [3.8, 4) is 0 Å².